The highest BCUT2D eigenvalue weighted by molar-refractivity contribution is 9.10. The molecule has 2 amide bonds. The zero-order valence-corrected chi connectivity index (χ0v) is 14.0. The van der Waals surface area contributed by atoms with Gasteiger partial charge in [-0.15, -0.1) is 0 Å². The molecule has 0 radical (unpaired) electrons. The molecule has 0 aromatic heterocycles. The molecule has 1 aliphatic heterocycles. The summed E-state index contributed by atoms with van der Waals surface area (Å²) in [6.45, 7) is -0.624. The van der Waals surface area contributed by atoms with Crippen LogP contribution >= 0.6 is 15.9 Å². The number of nitrogens with one attached hydrogen (secondary N) is 1. The van der Waals surface area contributed by atoms with Gasteiger partial charge in [0.05, 0.1) is 0 Å². The largest absolute Gasteiger partial charge is 0.511 e. The van der Waals surface area contributed by atoms with Crippen molar-refractivity contribution in [2.45, 2.75) is 13.0 Å². The predicted octanol–water partition coefficient (Wildman–Crippen LogP) is 1.33. The predicted molar refractivity (Wildman–Crippen MR) is 84.4 cm³/mol. The molecule has 1 heterocycles. The molecule has 0 saturated carbocycles. The standard InChI is InChI=1S/C15H14BrFN2O5/c16-9-2-1-8(10(17)5-9)7-19-4-3-11(20)13(15(19)24)14(23)18-6-12(21)22/h1-2,5,20H,3-4,6-7H2,(H,18,23)(H,21,22). The van der Waals surface area contributed by atoms with Crippen LogP contribution in [0.5, 0.6) is 0 Å². The Bertz CT molecular complexity index is 735. The highest BCUT2D eigenvalue weighted by Crippen LogP contribution is 2.22. The smallest absolute Gasteiger partial charge is 0.322 e. The van der Waals surface area contributed by atoms with Crippen molar-refractivity contribution in [1.29, 1.82) is 0 Å². The first-order valence-electron chi connectivity index (χ1n) is 6.95. The fourth-order valence-corrected chi connectivity index (χ4v) is 2.56. The number of amides is 2. The molecule has 3 N–H and O–H groups in total. The first-order valence-corrected chi connectivity index (χ1v) is 7.74. The number of aliphatic hydroxyl groups excluding tert-OH is 1. The van der Waals surface area contributed by atoms with Gasteiger partial charge < -0.3 is 20.4 Å². The molecule has 1 aromatic carbocycles. The van der Waals surface area contributed by atoms with Gasteiger partial charge in [-0.3, -0.25) is 14.4 Å². The first-order chi connectivity index (χ1) is 11.3. The van der Waals surface area contributed by atoms with E-state index >= 15 is 0 Å². The minimum Gasteiger partial charge on any atom is -0.511 e. The van der Waals surface area contributed by atoms with Crippen LogP contribution in [0.4, 0.5) is 4.39 Å². The van der Waals surface area contributed by atoms with E-state index in [1.54, 1.807) is 6.07 Å². The van der Waals surface area contributed by atoms with Gasteiger partial charge in [-0.25, -0.2) is 4.39 Å². The summed E-state index contributed by atoms with van der Waals surface area (Å²) in [7, 11) is 0. The maximum absolute atomic E-state index is 13.9. The third kappa shape index (κ3) is 4.10. The van der Waals surface area contributed by atoms with Crippen LogP contribution in [0.2, 0.25) is 0 Å². The minimum atomic E-state index is -1.28. The molecule has 1 aromatic rings. The number of hydrogen-bond donors (Lipinski definition) is 3. The molecule has 0 unspecified atom stereocenters. The van der Waals surface area contributed by atoms with Gasteiger partial charge in [0, 0.05) is 29.5 Å². The minimum absolute atomic E-state index is 0.0275. The van der Waals surface area contributed by atoms with E-state index in [4.69, 9.17) is 5.11 Å². The lowest BCUT2D eigenvalue weighted by Gasteiger charge is -2.28. The molecule has 0 bridgehead atoms. The van der Waals surface area contributed by atoms with Crippen molar-refractivity contribution in [2.75, 3.05) is 13.1 Å². The summed E-state index contributed by atoms with van der Waals surface area (Å²) in [6, 6.07) is 4.40. The van der Waals surface area contributed by atoms with Crippen molar-refractivity contribution in [3.8, 4) is 0 Å². The van der Waals surface area contributed by atoms with Gasteiger partial charge in [-0.1, -0.05) is 22.0 Å². The third-order valence-electron chi connectivity index (χ3n) is 3.41. The fraction of sp³-hybridized carbons (Fsp3) is 0.267. The Balaban J connectivity index is 2.16. The number of nitrogens with zero attached hydrogens (tertiary/aromatic N) is 1. The number of benzene rings is 1. The average Bonchev–Trinajstić information content (AvgIpc) is 2.50. The van der Waals surface area contributed by atoms with Crippen LogP contribution in [0, 0.1) is 5.82 Å². The van der Waals surface area contributed by atoms with Gasteiger partial charge in [0.25, 0.3) is 11.8 Å². The second-order valence-corrected chi connectivity index (χ2v) is 6.03. The molecular weight excluding hydrogens is 387 g/mol. The molecule has 7 nitrogen and oxygen atoms in total. The number of rotatable bonds is 5. The van der Waals surface area contributed by atoms with Crippen LogP contribution < -0.4 is 5.32 Å². The maximum atomic E-state index is 13.9. The Morgan fingerprint density at radius 3 is 2.71 bits per heavy atom. The van der Waals surface area contributed by atoms with Crippen molar-refractivity contribution in [3.05, 3.63) is 45.4 Å². The molecule has 0 fully saturated rings. The van der Waals surface area contributed by atoms with E-state index in [2.05, 4.69) is 15.9 Å². The van der Waals surface area contributed by atoms with Crippen LogP contribution in [-0.4, -0.2) is 46.0 Å². The van der Waals surface area contributed by atoms with E-state index in [0.29, 0.717) is 4.47 Å². The molecule has 0 atom stereocenters. The van der Waals surface area contributed by atoms with E-state index in [-0.39, 0.29) is 25.1 Å². The van der Waals surface area contributed by atoms with E-state index in [1.165, 1.54) is 17.0 Å². The Morgan fingerprint density at radius 2 is 2.08 bits per heavy atom. The number of carboxylic acid groups (broad SMARTS) is 1. The molecule has 9 heteroatoms. The van der Waals surface area contributed by atoms with Crippen molar-refractivity contribution in [2.24, 2.45) is 0 Å². The maximum Gasteiger partial charge on any atom is 0.322 e. The van der Waals surface area contributed by atoms with Crippen LogP contribution in [0.1, 0.15) is 12.0 Å². The summed E-state index contributed by atoms with van der Waals surface area (Å²) in [5.41, 5.74) is -0.252. The quantitative estimate of drug-likeness (QED) is 0.646. The molecule has 0 saturated heterocycles. The number of carbonyl (C=O) groups excluding carboxylic acids is 2. The summed E-state index contributed by atoms with van der Waals surface area (Å²) >= 11 is 3.14. The monoisotopic (exact) mass is 400 g/mol. The third-order valence-corrected chi connectivity index (χ3v) is 3.90. The zero-order chi connectivity index (χ0) is 17.9. The van der Waals surface area contributed by atoms with Crippen LogP contribution in [0.3, 0.4) is 0 Å². The summed E-state index contributed by atoms with van der Waals surface area (Å²) in [5.74, 6) is -3.94. The second kappa shape index (κ2) is 7.43. The Morgan fingerprint density at radius 1 is 1.38 bits per heavy atom. The average molecular weight is 401 g/mol. The zero-order valence-electron chi connectivity index (χ0n) is 12.4. The molecular formula is C15H14BrFN2O5. The topological polar surface area (TPSA) is 107 Å². The number of carbonyl (C=O) groups is 3. The van der Waals surface area contributed by atoms with E-state index in [1.807, 2.05) is 5.32 Å². The van der Waals surface area contributed by atoms with Crippen molar-refractivity contribution >= 4 is 33.7 Å². The summed E-state index contributed by atoms with van der Waals surface area (Å²) in [4.78, 5) is 36.0. The number of hydrogen-bond acceptors (Lipinski definition) is 4. The normalized spacial score (nSPS) is 14.8. The highest BCUT2D eigenvalue weighted by atomic mass is 79.9. The van der Waals surface area contributed by atoms with Gasteiger partial charge in [-0.2, -0.15) is 0 Å². The van der Waals surface area contributed by atoms with Gasteiger partial charge in [-0.05, 0) is 12.1 Å². The molecule has 0 spiro atoms. The Kier molecular flexibility index (Phi) is 5.55. The summed E-state index contributed by atoms with van der Waals surface area (Å²) < 4.78 is 14.5. The van der Waals surface area contributed by atoms with Crippen LogP contribution in [0.25, 0.3) is 0 Å². The van der Waals surface area contributed by atoms with Gasteiger partial charge >= 0.3 is 5.97 Å². The summed E-state index contributed by atoms with van der Waals surface area (Å²) in [6.07, 6.45) is 0.0275. The second-order valence-electron chi connectivity index (χ2n) is 5.11. The van der Waals surface area contributed by atoms with Gasteiger partial charge in [0.15, 0.2) is 0 Å². The fourth-order valence-electron chi connectivity index (χ4n) is 2.23. The van der Waals surface area contributed by atoms with Crippen LogP contribution in [0.15, 0.2) is 34.0 Å². The first kappa shape index (κ1) is 17.9. The molecule has 128 valence electrons. The number of carboxylic acids is 1. The number of aliphatic carboxylic acids is 1. The van der Waals surface area contributed by atoms with Crippen LogP contribution in [-0.2, 0) is 20.9 Å². The Labute approximate surface area is 144 Å². The Hall–Kier alpha value is -2.42. The summed E-state index contributed by atoms with van der Waals surface area (Å²) in [5, 5.41) is 20.4. The lowest BCUT2D eigenvalue weighted by molar-refractivity contribution is -0.138. The molecule has 2 rings (SSSR count). The molecule has 1 aliphatic rings. The number of halogens is 2. The molecule has 0 aliphatic carbocycles. The van der Waals surface area contributed by atoms with E-state index in [0.717, 1.165) is 0 Å². The lowest BCUT2D eigenvalue weighted by atomic mass is 10.0. The van der Waals surface area contributed by atoms with Gasteiger partial charge in [0.1, 0.15) is 23.7 Å². The SMILES string of the molecule is O=C(O)CNC(=O)C1=C(O)CCN(Cc2ccc(Br)cc2F)C1=O. The highest BCUT2D eigenvalue weighted by Gasteiger charge is 2.32. The van der Waals surface area contributed by atoms with Gasteiger partial charge in [0.2, 0.25) is 0 Å². The van der Waals surface area contributed by atoms with Crippen molar-refractivity contribution < 1.29 is 29.0 Å². The van der Waals surface area contributed by atoms with E-state index in [9.17, 15) is 23.9 Å². The molecule has 24 heavy (non-hydrogen) atoms. The van der Waals surface area contributed by atoms with Crippen molar-refractivity contribution in [3.63, 3.8) is 0 Å². The number of aliphatic hydroxyl groups is 1. The van der Waals surface area contributed by atoms with E-state index < -0.39 is 41.5 Å². The van der Waals surface area contributed by atoms with Crippen molar-refractivity contribution in [1.82, 2.24) is 10.2 Å². The lowest BCUT2D eigenvalue weighted by Crippen LogP contribution is -2.43.